The van der Waals surface area contributed by atoms with Crippen molar-refractivity contribution >= 4 is 51.2 Å². The first-order valence-corrected chi connectivity index (χ1v) is 26.8. The van der Waals surface area contributed by atoms with E-state index in [0.717, 1.165) is 12.0 Å². The first-order chi connectivity index (χ1) is 33.8. The number of amides is 4. The number of ether oxygens (including phenoxy) is 2. The lowest BCUT2D eigenvalue weighted by Gasteiger charge is -2.40. The molecule has 1 fully saturated rings. The van der Waals surface area contributed by atoms with E-state index in [-0.39, 0.29) is 86.3 Å². The van der Waals surface area contributed by atoms with Crippen LogP contribution in [0.5, 0.6) is 0 Å². The fourth-order valence-electron chi connectivity index (χ4n) is 9.49. The number of guanidine groups is 1. The number of sulfonamides is 1. The van der Waals surface area contributed by atoms with Gasteiger partial charge >= 0.3 is 0 Å². The summed E-state index contributed by atoms with van der Waals surface area (Å²) in [4.78, 5) is 92.8. The molecule has 21 heteroatoms. The van der Waals surface area contributed by atoms with E-state index < -0.39 is 69.8 Å². The van der Waals surface area contributed by atoms with Gasteiger partial charge in [0, 0.05) is 93.1 Å². The molecular formula is C51H84N10O10S. The molecule has 1 aromatic heterocycles. The summed E-state index contributed by atoms with van der Waals surface area (Å²) in [6, 6.07) is 7.42. The van der Waals surface area contributed by atoms with Gasteiger partial charge in [-0.1, -0.05) is 83.5 Å². The number of nitrogens with one attached hydrogen (secondary N) is 2. The molecule has 0 saturated carbocycles. The highest BCUT2D eigenvalue weighted by Crippen LogP contribution is 2.31. The molecule has 1 saturated heterocycles. The maximum absolute atomic E-state index is 14.5. The number of rotatable bonds is 29. The Hall–Kier alpha value is -5.28. The quantitative estimate of drug-likeness (QED) is 0.0876. The molecular weight excluding hydrogens is 945 g/mol. The lowest BCUT2D eigenvalue weighted by Crippen LogP contribution is -2.55. The first-order valence-electron chi connectivity index (χ1n) is 25.2. The van der Waals surface area contributed by atoms with Gasteiger partial charge in [0.25, 0.3) is 0 Å². The van der Waals surface area contributed by atoms with Gasteiger partial charge in [0.15, 0.2) is 5.96 Å². The van der Waals surface area contributed by atoms with Crippen molar-refractivity contribution in [2.24, 2.45) is 34.6 Å². The second-order valence-corrected chi connectivity index (χ2v) is 22.0. The van der Waals surface area contributed by atoms with Crippen molar-refractivity contribution in [3.63, 3.8) is 0 Å². The third-order valence-electron chi connectivity index (χ3n) is 13.6. The van der Waals surface area contributed by atoms with Crippen molar-refractivity contribution < 1.29 is 46.7 Å². The average molecular weight is 1030 g/mol. The van der Waals surface area contributed by atoms with Gasteiger partial charge in [0.05, 0.1) is 49.2 Å². The Morgan fingerprint density at radius 3 is 2.12 bits per heavy atom. The van der Waals surface area contributed by atoms with E-state index in [1.165, 1.54) is 18.7 Å². The van der Waals surface area contributed by atoms with Crippen LogP contribution in [0.3, 0.4) is 0 Å². The second-order valence-electron chi connectivity index (χ2n) is 20.2. The molecule has 0 bridgehead atoms. The highest BCUT2D eigenvalue weighted by atomic mass is 32.2. The average Bonchev–Trinajstić information content (AvgIpc) is 4.00. The highest BCUT2D eigenvalue weighted by Gasteiger charge is 2.43. The van der Waals surface area contributed by atoms with E-state index in [0.29, 0.717) is 31.0 Å². The number of Topliss-reactive ketones (excluding diaryl/α,β-unsaturated/α-hetero) is 2. The molecule has 1 aliphatic heterocycles. The third-order valence-corrected chi connectivity index (χ3v) is 14.9. The summed E-state index contributed by atoms with van der Waals surface area (Å²) in [5.74, 6) is -4.12. The molecule has 1 unspecified atom stereocenters. The Labute approximate surface area is 428 Å². The molecule has 0 radical (unpaired) electrons. The fourth-order valence-corrected chi connectivity index (χ4v) is 10.6. The van der Waals surface area contributed by atoms with Crippen LogP contribution in [0.1, 0.15) is 105 Å². The number of benzene rings is 1. The van der Waals surface area contributed by atoms with Crippen LogP contribution in [0.2, 0.25) is 0 Å². The molecule has 72 heavy (non-hydrogen) atoms. The fraction of sp³-hybridized carbons (Fsp3) is 0.706. The van der Waals surface area contributed by atoms with Gasteiger partial charge < -0.3 is 39.2 Å². The van der Waals surface area contributed by atoms with Crippen LogP contribution >= 0.6 is 0 Å². The van der Waals surface area contributed by atoms with Gasteiger partial charge in [0.2, 0.25) is 33.7 Å². The van der Waals surface area contributed by atoms with Gasteiger partial charge in [-0.3, -0.25) is 33.4 Å². The van der Waals surface area contributed by atoms with E-state index in [1.807, 2.05) is 83.9 Å². The predicted molar refractivity (Wildman–Crippen MR) is 276 cm³/mol. The minimum Gasteiger partial charge on any atom is -0.379 e. The smallest absolute Gasteiger partial charge is 0.247 e. The number of likely N-dealkylation sites (N-methyl/N-ethyl adjacent to an activating group) is 1. The first kappa shape index (κ1) is 61.0. The maximum Gasteiger partial charge on any atom is 0.247 e. The third kappa shape index (κ3) is 18.0. The molecule has 1 aromatic carbocycles. The zero-order valence-electron chi connectivity index (χ0n) is 45.3. The van der Waals surface area contributed by atoms with Crippen LogP contribution < -0.4 is 10.0 Å². The molecule has 2 heterocycles. The van der Waals surface area contributed by atoms with Crippen molar-refractivity contribution in [1.82, 2.24) is 44.6 Å². The van der Waals surface area contributed by atoms with E-state index in [4.69, 9.17) is 14.5 Å². The molecule has 0 aliphatic carbocycles. The number of nitrogens with zero attached hydrogens (tertiary/aromatic N) is 8. The van der Waals surface area contributed by atoms with Gasteiger partial charge in [-0.2, -0.15) is 0 Å². The van der Waals surface area contributed by atoms with Crippen molar-refractivity contribution in [2.45, 2.75) is 143 Å². The SMILES string of the molecule is CC[C@H](C)[C@@H]([C@@H](CC(=O)N1CCC[C@H]1[C@H](OC)[C@@H](C)C(=O)C[C@@H](Cc1ccccc1)C(=O)NS(=O)(=O)CCCn1cc(CNC(=O)C(C)CC(C)=O)nn1)OC)N(C)C(=O)[C@@H](N=C(N(C)C)N(C)C)C(C)C. The summed E-state index contributed by atoms with van der Waals surface area (Å²) < 4.78 is 42.4. The summed E-state index contributed by atoms with van der Waals surface area (Å²) in [7, 11) is 8.17. The Bertz CT molecular complexity index is 2230. The summed E-state index contributed by atoms with van der Waals surface area (Å²) in [6.07, 6.45) is 2.15. The molecule has 9 atom stereocenters. The lowest BCUT2D eigenvalue weighted by atomic mass is 9.85. The summed E-state index contributed by atoms with van der Waals surface area (Å²) in [5.41, 5.74) is 1.19. The number of carbonyl (C=O) groups excluding carboxylic acids is 6. The van der Waals surface area contributed by atoms with Crippen LogP contribution in [-0.4, -0.2) is 176 Å². The largest absolute Gasteiger partial charge is 0.379 e. The minimum atomic E-state index is -4.15. The molecule has 0 spiro atoms. The van der Waals surface area contributed by atoms with Gasteiger partial charge in [-0.15, -0.1) is 5.10 Å². The van der Waals surface area contributed by atoms with Crippen LogP contribution in [0.4, 0.5) is 0 Å². The Balaban J connectivity index is 1.75. The molecule has 3 rings (SSSR count). The lowest BCUT2D eigenvalue weighted by molar-refractivity contribution is -0.146. The molecule has 2 N–H and O–H groups in total. The molecule has 1 aliphatic rings. The normalized spacial score (nSPS) is 17.2. The number of hydrogen-bond acceptors (Lipinski definition) is 13. The Morgan fingerprint density at radius 2 is 1.56 bits per heavy atom. The van der Waals surface area contributed by atoms with E-state index >= 15 is 0 Å². The number of aryl methyl sites for hydroxylation is 1. The number of likely N-dealkylation sites (tertiary alicyclic amines) is 1. The monoisotopic (exact) mass is 1030 g/mol. The van der Waals surface area contributed by atoms with E-state index in [2.05, 4.69) is 20.4 Å². The second kappa shape index (κ2) is 28.8. The topological polar surface area (TPSA) is 235 Å². The Morgan fingerprint density at radius 1 is 0.903 bits per heavy atom. The maximum atomic E-state index is 14.5. The van der Waals surface area contributed by atoms with Crippen LogP contribution in [0.25, 0.3) is 0 Å². The predicted octanol–water partition coefficient (Wildman–Crippen LogP) is 3.59. The van der Waals surface area contributed by atoms with Crippen molar-refractivity contribution in [1.29, 1.82) is 0 Å². The van der Waals surface area contributed by atoms with Crippen molar-refractivity contribution in [3.8, 4) is 0 Å². The highest BCUT2D eigenvalue weighted by molar-refractivity contribution is 7.90. The van der Waals surface area contributed by atoms with E-state index in [9.17, 15) is 37.2 Å². The summed E-state index contributed by atoms with van der Waals surface area (Å²) in [6.45, 7) is 13.5. The number of carbonyl (C=O) groups is 6. The van der Waals surface area contributed by atoms with Crippen LogP contribution in [0, 0.1) is 29.6 Å². The van der Waals surface area contributed by atoms with Crippen molar-refractivity contribution in [3.05, 3.63) is 47.8 Å². The molecule has 2 aromatic rings. The zero-order valence-corrected chi connectivity index (χ0v) is 46.1. The standard InChI is InChI=1S/C51H84N10O10S/c1-15-34(4)46(59(12)50(67)45(33(2)3)53-51(57(8)9)58(10)11)43(70-13)30-44(64)61-25-19-23-41(61)47(71-14)37(7)42(63)29-39(28-38-21-17-16-18-22-38)49(66)55-72(68,69)26-20-24-60-32-40(54-56-60)31-52-48(65)35(5)27-36(6)62/h16-18,21-22,32-35,37,39,41,43,45-47H,15,19-20,23-31H2,1-14H3,(H,52,65)(H,55,66)/t34-,35?,37-,39+,41-,43+,45-,46-,47+/m0/s1. The molecule has 20 nitrogen and oxygen atoms in total. The van der Waals surface area contributed by atoms with Gasteiger partial charge in [-0.05, 0) is 50.0 Å². The molecule has 404 valence electrons. The van der Waals surface area contributed by atoms with Gasteiger partial charge in [0.1, 0.15) is 23.3 Å². The minimum absolute atomic E-state index is 0.0224. The van der Waals surface area contributed by atoms with Gasteiger partial charge in [-0.25, -0.2) is 13.4 Å². The number of aliphatic imine (C=N–C) groups is 1. The molecule has 4 amide bonds. The number of aromatic nitrogens is 3. The Kier molecular flexibility index (Phi) is 24.4. The number of methoxy groups -OCH3 is 2. The van der Waals surface area contributed by atoms with Crippen LogP contribution in [-0.2, 0) is 67.8 Å². The zero-order chi connectivity index (χ0) is 54.0. The number of ketones is 2. The van der Waals surface area contributed by atoms with E-state index in [1.54, 1.807) is 56.1 Å². The summed E-state index contributed by atoms with van der Waals surface area (Å²) in [5, 5.41) is 10.8. The van der Waals surface area contributed by atoms with Crippen LogP contribution in [0.15, 0.2) is 41.5 Å². The summed E-state index contributed by atoms with van der Waals surface area (Å²) >= 11 is 0. The number of hydrogen-bond donors (Lipinski definition) is 2. The van der Waals surface area contributed by atoms with Crippen molar-refractivity contribution in [2.75, 3.05) is 61.8 Å².